The third kappa shape index (κ3) is 3.54. The molecule has 138 valence electrons. The Balaban J connectivity index is 1.87. The van der Waals surface area contributed by atoms with Crippen molar-refractivity contribution in [3.05, 3.63) is 69.3 Å². The van der Waals surface area contributed by atoms with Gasteiger partial charge in [-0.2, -0.15) is 0 Å². The lowest BCUT2D eigenvalue weighted by atomic mass is 10.2. The number of halogens is 2. The van der Waals surface area contributed by atoms with E-state index in [9.17, 15) is 14.4 Å². The molecule has 0 unspecified atom stereocenters. The van der Waals surface area contributed by atoms with Crippen LogP contribution in [-0.2, 0) is 14.3 Å². The number of imide groups is 1. The average molecular weight is 405 g/mol. The Hall–Kier alpha value is -2.83. The van der Waals surface area contributed by atoms with Gasteiger partial charge in [-0.05, 0) is 48.9 Å². The first-order valence-corrected chi connectivity index (χ1v) is 8.59. The molecule has 0 radical (unpaired) electrons. The van der Waals surface area contributed by atoms with Crippen molar-refractivity contribution in [3.8, 4) is 0 Å². The summed E-state index contributed by atoms with van der Waals surface area (Å²) in [5.41, 5.74) is 1.95. The molecule has 27 heavy (non-hydrogen) atoms. The van der Waals surface area contributed by atoms with Crippen LogP contribution in [0, 0.1) is 6.92 Å². The summed E-state index contributed by atoms with van der Waals surface area (Å²) < 4.78 is 4.63. The summed E-state index contributed by atoms with van der Waals surface area (Å²) in [7, 11) is 1.27. The van der Waals surface area contributed by atoms with Crippen molar-refractivity contribution >= 4 is 52.4 Å². The number of carbonyl (C=O) groups is 3. The highest BCUT2D eigenvalue weighted by atomic mass is 35.5. The molecule has 2 aromatic carbocycles. The molecule has 1 N–H and O–H groups in total. The van der Waals surface area contributed by atoms with Crippen molar-refractivity contribution in [1.29, 1.82) is 0 Å². The van der Waals surface area contributed by atoms with Gasteiger partial charge < -0.3 is 10.1 Å². The highest BCUT2D eigenvalue weighted by Gasteiger charge is 2.39. The summed E-state index contributed by atoms with van der Waals surface area (Å²) >= 11 is 12.2. The van der Waals surface area contributed by atoms with Gasteiger partial charge in [0.05, 0.1) is 18.4 Å². The van der Waals surface area contributed by atoms with Gasteiger partial charge in [0.25, 0.3) is 11.8 Å². The number of hydrogen-bond acceptors (Lipinski definition) is 5. The summed E-state index contributed by atoms with van der Waals surface area (Å²) in [6.07, 6.45) is 0. The minimum Gasteiger partial charge on any atom is -0.465 e. The van der Waals surface area contributed by atoms with Gasteiger partial charge in [-0.25, -0.2) is 9.69 Å². The number of nitrogens with one attached hydrogen (secondary N) is 1. The summed E-state index contributed by atoms with van der Waals surface area (Å²) in [6, 6.07) is 11.0. The van der Waals surface area contributed by atoms with Crippen LogP contribution in [0.5, 0.6) is 0 Å². The number of hydrogen-bond donors (Lipinski definition) is 1. The standard InChI is InChI=1S/C19H14Cl2N2O4/c1-10-3-6-12(9-14(10)20)22-16-15(21)17(24)23(18(16)25)13-7-4-11(5-8-13)19(26)27-2/h3-9,22H,1-2H3. The van der Waals surface area contributed by atoms with Gasteiger partial charge in [0.15, 0.2) is 0 Å². The fourth-order valence-electron chi connectivity index (χ4n) is 2.53. The van der Waals surface area contributed by atoms with Gasteiger partial charge >= 0.3 is 5.97 Å². The topological polar surface area (TPSA) is 75.7 Å². The van der Waals surface area contributed by atoms with Crippen molar-refractivity contribution in [2.45, 2.75) is 6.92 Å². The van der Waals surface area contributed by atoms with Crippen LogP contribution in [0.3, 0.4) is 0 Å². The van der Waals surface area contributed by atoms with Crippen LogP contribution in [0.15, 0.2) is 53.2 Å². The van der Waals surface area contributed by atoms with E-state index in [-0.39, 0.29) is 16.4 Å². The molecule has 1 aliphatic rings. The fraction of sp³-hybridized carbons (Fsp3) is 0.105. The van der Waals surface area contributed by atoms with Crippen LogP contribution in [0.1, 0.15) is 15.9 Å². The minimum atomic E-state index is -0.659. The molecule has 0 aliphatic carbocycles. The van der Waals surface area contributed by atoms with E-state index >= 15 is 0 Å². The average Bonchev–Trinajstić information content (AvgIpc) is 2.87. The highest BCUT2D eigenvalue weighted by Crippen LogP contribution is 2.31. The molecule has 6 nitrogen and oxygen atoms in total. The van der Waals surface area contributed by atoms with E-state index in [1.165, 1.54) is 31.4 Å². The monoisotopic (exact) mass is 404 g/mol. The van der Waals surface area contributed by atoms with Crippen molar-refractivity contribution in [3.63, 3.8) is 0 Å². The highest BCUT2D eigenvalue weighted by molar-refractivity contribution is 6.53. The lowest BCUT2D eigenvalue weighted by molar-refractivity contribution is -0.120. The number of ether oxygens (including phenoxy) is 1. The first kappa shape index (κ1) is 18.9. The summed E-state index contributed by atoms with van der Waals surface area (Å²) in [4.78, 5) is 37.6. The van der Waals surface area contributed by atoms with Crippen molar-refractivity contribution < 1.29 is 19.1 Å². The molecule has 2 aromatic rings. The van der Waals surface area contributed by atoms with E-state index in [0.717, 1.165) is 10.5 Å². The van der Waals surface area contributed by atoms with Gasteiger partial charge in [0, 0.05) is 10.7 Å². The molecule has 0 saturated carbocycles. The van der Waals surface area contributed by atoms with E-state index in [1.807, 2.05) is 6.92 Å². The molecule has 0 fully saturated rings. The summed E-state index contributed by atoms with van der Waals surface area (Å²) in [5, 5.41) is 3.14. The van der Waals surface area contributed by atoms with Crippen LogP contribution in [0.4, 0.5) is 11.4 Å². The molecule has 0 bridgehead atoms. The predicted octanol–water partition coefficient (Wildman–Crippen LogP) is 3.87. The van der Waals surface area contributed by atoms with Gasteiger partial charge in [0.2, 0.25) is 0 Å². The SMILES string of the molecule is COC(=O)c1ccc(N2C(=O)C(Cl)=C(Nc3ccc(C)c(Cl)c3)C2=O)cc1. The number of carbonyl (C=O) groups excluding carboxylic acids is 3. The first-order valence-electron chi connectivity index (χ1n) is 7.83. The zero-order valence-corrected chi connectivity index (χ0v) is 15.9. The Morgan fingerprint density at radius 3 is 2.30 bits per heavy atom. The van der Waals surface area contributed by atoms with Crippen LogP contribution in [-0.4, -0.2) is 24.9 Å². The van der Waals surface area contributed by atoms with E-state index in [1.54, 1.807) is 18.2 Å². The zero-order valence-electron chi connectivity index (χ0n) is 14.4. The molecular weight excluding hydrogens is 391 g/mol. The number of nitrogens with zero attached hydrogens (tertiary/aromatic N) is 1. The Labute approximate surface area is 165 Å². The van der Waals surface area contributed by atoms with Crippen LogP contribution < -0.4 is 10.2 Å². The number of benzene rings is 2. The Bertz CT molecular complexity index is 984. The Morgan fingerprint density at radius 2 is 1.70 bits per heavy atom. The quantitative estimate of drug-likeness (QED) is 0.618. The first-order chi connectivity index (χ1) is 12.8. The number of esters is 1. The van der Waals surface area contributed by atoms with Crippen molar-refractivity contribution in [1.82, 2.24) is 0 Å². The van der Waals surface area contributed by atoms with Gasteiger partial charge in [-0.3, -0.25) is 9.59 Å². The smallest absolute Gasteiger partial charge is 0.337 e. The lowest BCUT2D eigenvalue weighted by Crippen LogP contribution is -2.32. The lowest BCUT2D eigenvalue weighted by Gasteiger charge is -2.15. The number of amides is 2. The normalized spacial score (nSPS) is 14.0. The second kappa shape index (κ2) is 7.42. The Kier molecular flexibility index (Phi) is 5.21. The predicted molar refractivity (Wildman–Crippen MR) is 103 cm³/mol. The zero-order chi connectivity index (χ0) is 19.7. The van der Waals surface area contributed by atoms with E-state index in [0.29, 0.717) is 16.3 Å². The third-order valence-corrected chi connectivity index (χ3v) is 4.77. The van der Waals surface area contributed by atoms with Crippen molar-refractivity contribution in [2.24, 2.45) is 0 Å². The number of methoxy groups -OCH3 is 1. The fourth-order valence-corrected chi connectivity index (χ4v) is 2.92. The molecule has 8 heteroatoms. The van der Waals surface area contributed by atoms with Gasteiger partial charge in [0.1, 0.15) is 10.7 Å². The molecule has 1 heterocycles. The number of anilines is 2. The molecule has 0 aromatic heterocycles. The largest absolute Gasteiger partial charge is 0.465 e. The maximum absolute atomic E-state index is 12.7. The number of rotatable bonds is 4. The maximum atomic E-state index is 12.7. The van der Waals surface area contributed by atoms with E-state index in [2.05, 4.69) is 10.1 Å². The van der Waals surface area contributed by atoms with Crippen LogP contribution in [0.2, 0.25) is 5.02 Å². The number of aryl methyl sites for hydroxylation is 1. The Morgan fingerprint density at radius 1 is 1.04 bits per heavy atom. The second-order valence-electron chi connectivity index (χ2n) is 5.76. The summed E-state index contributed by atoms with van der Waals surface area (Å²) in [5.74, 6) is -1.78. The van der Waals surface area contributed by atoms with E-state index < -0.39 is 17.8 Å². The molecule has 0 atom stereocenters. The maximum Gasteiger partial charge on any atom is 0.337 e. The molecule has 1 aliphatic heterocycles. The van der Waals surface area contributed by atoms with Gasteiger partial charge in [-0.15, -0.1) is 0 Å². The molecular formula is C19H14Cl2N2O4. The summed E-state index contributed by atoms with van der Waals surface area (Å²) in [6.45, 7) is 1.85. The van der Waals surface area contributed by atoms with Gasteiger partial charge in [-0.1, -0.05) is 29.3 Å². The third-order valence-electron chi connectivity index (χ3n) is 4.02. The molecule has 0 spiro atoms. The second-order valence-corrected chi connectivity index (χ2v) is 6.55. The minimum absolute atomic E-state index is 0.0429. The molecule has 3 rings (SSSR count). The molecule has 2 amide bonds. The van der Waals surface area contributed by atoms with E-state index in [4.69, 9.17) is 23.2 Å². The van der Waals surface area contributed by atoms with Crippen LogP contribution in [0.25, 0.3) is 0 Å². The van der Waals surface area contributed by atoms with Crippen molar-refractivity contribution in [2.75, 3.05) is 17.3 Å². The van der Waals surface area contributed by atoms with Crippen LogP contribution >= 0.6 is 23.2 Å². The molecule has 0 saturated heterocycles.